The molecule has 0 atom stereocenters. The lowest BCUT2D eigenvalue weighted by atomic mass is 10.1. The van der Waals surface area contributed by atoms with Gasteiger partial charge in [0.1, 0.15) is 0 Å². The van der Waals surface area contributed by atoms with Crippen LogP contribution < -0.4 is 5.73 Å². The first kappa shape index (κ1) is 11.2. The van der Waals surface area contributed by atoms with Crippen molar-refractivity contribution in [1.29, 1.82) is 0 Å². The Kier molecular flexibility index (Phi) is 4.62. The van der Waals surface area contributed by atoms with E-state index in [1.165, 1.54) is 6.07 Å². The molecule has 68 valence electrons. The molecule has 0 amide bonds. The molecule has 3 N–H and O–H groups in total. The quantitative estimate of drug-likeness (QED) is 0.744. The van der Waals surface area contributed by atoms with E-state index in [2.05, 4.69) is 0 Å². The van der Waals surface area contributed by atoms with Crippen molar-refractivity contribution in [2.75, 3.05) is 6.54 Å². The number of nitrogens with two attached hydrogens (primary N) is 1. The molecule has 0 bridgehead atoms. The summed E-state index contributed by atoms with van der Waals surface area (Å²) in [5, 5.41) is 9.10. The summed E-state index contributed by atoms with van der Waals surface area (Å²) in [5.74, 6) is -0.867. The maximum atomic E-state index is 12.6. The summed E-state index contributed by atoms with van der Waals surface area (Å²) in [5.41, 5.74) is 5.81. The van der Waals surface area contributed by atoms with E-state index >= 15 is 0 Å². The van der Waals surface area contributed by atoms with Crippen LogP contribution in [0.25, 0.3) is 0 Å². The Balaban J connectivity index is 0.00000121. The maximum absolute atomic E-state index is 12.6. The van der Waals surface area contributed by atoms with Gasteiger partial charge in [-0.15, -0.1) is 12.4 Å². The molecule has 1 rings (SSSR count). The first-order chi connectivity index (χ1) is 5.25. The van der Waals surface area contributed by atoms with E-state index in [0.29, 0.717) is 18.5 Å². The third-order valence-electron chi connectivity index (χ3n) is 1.48. The SMILES string of the molecule is Cl.NCCc1cccc(F)c1O. The summed E-state index contributed by atoms with van der Waals surface area (Å²) in [6, 6.07) is 4.43. The van der Waals surface area contributed by atoms with Crippen molar-refractivity contribution < 1.29 is 9.50 Å². The fourth-order valence-electron chi connectivity index (χ4n) is 0.917. The maximum Gasteiger partial charge on any atom is 0.165 e. The van der Waals surface area contributed by atoms with Crippen molar-refractivity contribution in [3.63, 3.8) is 0 Å². The van der Waals surface area contributed by atoms with E-state index in [1.54, 1.807) is 12.1 Å². The third-order valence-corrected chi connectivity index (χ3v) is 1.48. The predicted molar refractivity (Wildman–Crippen MR) is 48.1 cm³/mol. The Morgan fingerprint density at radius 3 is 2.67 bits per heavy atom. The number of rotatable bonds is 2. The number of aromatic hydroxyl groups is 1. The Labute approximate surface area is 76.6 Å². The highest BCUT2D eigenvalue weighted by Gasteiger charge is 2.03. The van der Waals surface area contributed by atoms with Gasteiger partial charge in [0.25, 0.3) is 0 Å². The summed E-state index contributed by atoms with van der Waals surface area (Å²) in [7, 11) is 0. The number of benzene rings is 1. The molecule has 0 aliphatic heterocycles. The summed E-state index contributed by atoms with van der Waals surface area (Å²) in [6.45, 7) is 0.414. The Morgan fingerprint density at radius 2 is 2.08 bits per heavy atom. The molecule has 12 heavy (non-hydrogen) atoms. The van der Waals surface area contributed by atoms with Gasteiger partial charge in [-0.05, 0) is 24.6 Å². The van der Waals surface area contributed by atoms with Gasteiger partial charge in [0, 0.05) is 0 Å². The van der Waals surface area contributed by atoms with Crippen LogP contribution in [-0.4, -0.2) is 11.7 Å². The fourth-order valence-corrected chi connectivity index (χ4v) is 0.917. The van der Waals surface area contributed by atoms with E-state index in [-0.39, 0.29) is 18.2 Å². The summed E-state index contributed by atoms with van der Waals surface area (Å²) in [6.07, 6.45) is 0.504. The monoisotopic (exact) mass is 191 g/mol. The minimum atomic E-state index is -0.587. The first-order valence-corrected chi connectivity index (χ1v) is 3.42. The topological polar surface area (TPSA) is 46.2 Å². The van der Waals surface area contributed by atoms with Crippen molar-refractivity contribution in [3.8, 4) is 5.75 Å². The largest absolute Gasteiger partial charge is 0.505 e. The molecule has 0 heterocycles. The molecular formula is C8H11ClFNO. The molecule has 0 saturated heterocycles. The number of phenolic OH excluding ortho intramolecular Hbond substituents is 1. The molecule has 0 fully saturated rings. The second-order valence-electron chi connectivity index (χ2n) is 2.29. The van der Waals surface area contributed by atoms with Crippen molar-refractivity contribution in [2.24, 2.45) is 5.73 Å². The molecule has 1 aromatic carbocycles. The minimum absolute atomic E-state index is 0. The number of para-hydroxylation sites is 1. The average Bonchev–Trinajstić information content (AvgIpc) is 1.99. The molecule has 0 unspecified atom stereocenters. The van der Waals surface area contributed by atoms with Gasteiger partial charge in [0.05, 0.1) is 0 Å². The van der Waals surface area contributed by atoms with Crippen molar-refractivity contribution >= 4 is 12.4 Å². The number of hydrogen-bond donors (Lipinski definition) is 2. The van der Waals surface area contributed by atoms with E-state index < -0.39 is 5.82 Å². The lowest BCUT2D eigenvalue weighted by Gasteiger charge is -2.01. The summed E-state index contributed by atoms with van der Waals surface area (Å²) >= 11 is 0. The van der Waals surface area contributed by atoms with Gasteiger partial charge < -0.3 is 10.8 Å². The van der Waals surface area contributed by atoms with Crippen LogP contribution in [0.5, 0.6) is 5.75 Å². The van der Waals surface area contributed by atoms with Crippen molar-refractivity contribution in [2.45, 2.75) is 6.42 Å². The first-order valence-electron chi connectivity index (χ1n) is 3.42. The van der Waals surface area contributed by atoms with Gasteiger partial charge in [-0.1, -0.05) is 12.1 Å². The highest BCUT2D eigenvalue weighted by atomic mass is 35.5. The standard InChI is InChI=1S/C8H10FNO.ClH/c9-7-3-1-2-6(4-5-10)8(7)11;/h1-3,11H,4-5,10H2;1H. The molecule has 1 aromatic rings. The van der Waals surface area contributed by atoms with Gasteiger partial charge in [-0.25, -0.2) is 4.39 Å². The van der Waals surface area contributed by atoms with Crippen LogP contribution in [0, 0.1) is 5.82 Å². The zero-order valence-corrected chi connectivity index (χ0v) is 7.27. The van der Waals surface area contributed by atoms with Crippen LogP contribution in [0.2, 0.25) is 0 Å². The van der Waals surface area contributed by atoms with E-state index in [0.717, 1.165) is 0 Å². The highest BCUT2D eigenvalue weighted by molar-refractivity contribution is 5.85. The van der Waals surface area contributed by atoms with Crippen LogP contribution in [0.4, 0.5) is 4.39 Å². The van der Waals surface area contributed by atoms with E-state index in [1.807, 2.05) is 0 Å². The third kappa shape index (κ3) is 2.36. The van der Waals surface area contributed by atoms with Gasteiger partial charge in [0.2, 0.25) is 0 Å². The number of hydrogen-bond acceptors (Lipinski definition) is 2. The number of halogens is 2. The molecule has 0 saturated carbocycles. The summed E-state index contributed by atoms with van der Waals surface area (Å²) in [4.78, 5) is 0. The van der Waals surface area contributed by atoms with Crippen LogP contribution in [0.15, 0.2) is 18.2 Å². The normalized spacial score (nSPS) is 9.17. The van der Waals surface area contributed by atoms with Gasteiger partial charge in [-0.2, -0.15) is 0 Å². The highest BCUT2D eigenvalue weighted by Crippen LogP contribution is 2.20. The predicted octanol–water partition coefficient (Wildman–Crippen LogP) is 1.45. The Morgan fingerprint density at radius 1 is 1.42 bits per heavy atom. The van der Waals surface area contributed by atoms with Gasteiger partial charge >= 0.3 is 0 Å². The molecule has 0 spiro atoms. The van der Waals surface area contributed by atoms with Crippen LogP contribution in [0.1, 0.15) is 5.56 Å². The smallest absolute Gasteiger partial charge is 0.165 e. The Hall–Kier alpha value is -0.800. The second-order valence-corrected chi connectivity index (χ2v) is 2.29. The van der Waals surface area contributed by atoms with E-state index in [4.69, 9.17) is 10.8 Å². The summed E-state index contributed by atoms with van der Waals surface area (Å²) < 4.78 is 12.6. The zero-order valence-electron chi connectivity index (χ0n) is 6.46. The van der Waals surface area contributed by atoms with Gasteiger partial charge in [0.15, 0.2) is 11.6 Å². The molecule has 0 aliphatic carbocycles. The lowest BCUT2D eigenvalue weighted by molar-refractivity contribution is 0.426. The molecule has 2 nitrogen and oxygen atoms in total. The average molecular weight is 192 g/mol. The zero-order chi connectivity index (χ0) is 8.27. The van der Waals surface area contributed by atoms with Crippen molar-refractivity contribution in [3.05, 3.63) is 29.6 Å². The van der Waals surface area contributed by atoms with E-state index in [9.17, 15) is 4.39 Å². The molecule has 4 heteroatoms. The minimum Gasteiger partial charge on any atom is -0.505 e. The van der Waals surface area contributed by atoms with Crippen molar-refractivity contribution in [1.82, 2.24) is 0 Å². The fraction of sp³-hybridized carbons (Fsp3) is 0.250. The van der Waals surface area contributed by atoms with Gasteiger partial charge in [-0.3, -0.25) is 0 Å². The van der Waals surface area contributed by atoms with Crippen LogP contribution in [-0.2, 0) is 6.42 Å². The van der Waals surface area contributed by atoms with Crippen LogP contribution >= 0.6 is 12.4 Å². The molecule has 0 radical (unpaired) electrons. The molecule has 0 aromatic heterocycles. The lowest BCUT2D eigenvalue weighted by Crippen LogP contribution is -2.03. The molecule has 0 aliphatic rings. The van der Waals surface area contributed by atoms with Crippen LogP contribution in [0.3, 0.4) is 0 Å². The number of phenols is 1. The Bertz CT molecular complexity index is 255. The second kappa shape index (κ2) is 4.95. The molecular weight excluding hydrogens is 181 g/mol.